The third-order valence-corrected chi connectivity index (χ3v) is 2.19. The van der Waals surface area contributed by atoms with Gasteiger partial charge in [-0.2, -0.15) is 0 Å². The molecule has 0 aliphatic carbocycles. The van der Waals surface area contributed by atoms with Crippen molar-refractivity contribution >= 4 is 54.8 Å². The van der Waals surface area contributed by atoms with Crippen molar-refractivity contribution in [3.05, 3.63) is 0 Å². The minimum absolute atomic E-state index is 0. The van der Waals surface area contributed by atoms with E-state index in [0.717, 1.165) is 0 Å². The Balaban J connectivity index is -0.0000000300. The van der Waals surface area contributed by atoms with Crippen molar-refractivity contribution in [1.82, 2.24) is 0 Å². The van der Waals surface area contributed by atoms with Gasteiger partial charge in [0.1, 0.15) is 0 Å². The zero-order valence-corrected chi connectivity index (χ0v) is 8.14. The van der Waals surface area contributed by atoms with Crippen LogP contribution in [0.4, 0.5) is 0 Å². The molecule has 1 aliphatic rings. The zero-order chi connectivity index (χ0) is 2.12. The summed E-state index contributed by atoms with van der Waals surface area (Å²) in [6, 6.07) is 0. The van der Waals surface area contributed by atoms with Crippen LogP contribution in [-0.4, -0.2) is 46.2 Å². The van der Waals surface area contributed by atoms with Crippen molar-refractivity contribution in [2.24, 2.45) is 0 Å². The van der Waals surface area contributed by atoms with Crippen molar-refractivity contribution < 1.29 is 4.99 Å². The van der Waals surface area contributed by atoms with Gasteiger partial charge in [-0.15, -0.1) is 0 Å². The molecule has 0 aromatic carbocycles. The van der Waals surface area contributed by atoms with Crippen molar-refractivity contribution in [2.75, 3.05) is 0 Å². The molecule has 2 radical (unpaired) electrons. The normalized spacial score (nSPS) is 18.0. The SMILES string of the molecule is [H-].[H-].[Mg+2].[O]1[S][Pb]1. The van der Waals surface area contributed by atoms with Gasteiger partial charge in [0.25, 0.3) is 0 Å². The van der Waals surface area contributed by atoms with Crippen LogP contribution in [0.25, 0.3) is 0 Å². The molecule has 1 nitrogen and oxygen atoms in total. The van der Waals surface area contributed by atoms with Gasteiger partial charge in [-0.3, -0.25) is 0 Å². The van der Waals surface area contributed by atoms with Gasteiger partial charge in [-0.25, -0.2) is 0 Å². The van der Waals surface area contributed by atoms with E-state index in [2.05, 4.69) is 2.13 Å². The summed E-state index contributed by atoms with van der Waals surface area (Å²) in [6.07, 6.45) is 0. The summed E-state index contributed by atoms with van der Waals surface area (Å²) in [5.74, 6) is 0. The molecule has 4 heavy (non-hydrogen) atoms. The molecule has 1 rings (SSSR count). The van der Waals surface area contributed by atoms with Gasteiger partial charge in [0.2, 0.25) is 0 Å². The molecule has 0 amide bonds. The van der Waals surface area contributed by atoms with Crippen LogP contribution in [0.5, 0.6) is 0 Å². The number of hydrogen-bond donors (Lipinski definition) is 0. The second kappa shape index (κ2) is 3.20. The van der Waals surface area contributed by atoms with E-state index in [1.165, 1.54) is 0 Å². The van der Waals surface area contributed by atoms with E-state index in [1.807, 2.05) is 0 Å². The Morgan fingerprint density at radius 3 is 2.25 bits per heavy atom. The van der Waals surface area contributed by atoms with Crippen LogP contribution >= 0.6 is 8.59 Å². The van der Waals surface area contributed by atoms with Gasteiger partial charge in [0.05, 0.1) is 0 Å². The fourth-order valence-electron chi connectivity index (χ4n) is 0. The van der Waals surface area contributed by atoms with E-state index >= 15 is 0 Å². The predicted molar refractivity (Wildman–Crippen MR) is 22.4 cm³/mol. The van der Waals surface area contributed by atoms with Crippen LogP contribution < -0.4 is 0 Å². The van der Waals surface area contributed by atoms with E-state index in [0.29, 0.717) is 0 Å². The van der Waals surface area contributed by atoms with Crippen molar-refractivity contribution in [3.63, 3.8) is 0 Å². The zero-order valence-electron chi connectivity index (χ0n) is 4.02. The first-order valence-corrected chi connectivity index (χ1v) is 7.66. The summed E-state index contributed by atoms with van der Waals surface area (Å²) in [7, 11) is 1.69. The van der Waals surface area contributed by atoms with Gasteiger partial charge in [0.15, 0.2) is 0 Å². The molecule has 4 heteroatoms. The Morgan fingerprint density at radius 1 is 2.00 bits per heavy atom. The van der Waals surface area contributed by atoms with Crippen LogP contribution in [0, 0.1) is 0 Å². The van der Waals surface area contributed by atoms with Crippen molar-refractivity contribution in [2.45, 2.75) is 0 Å². The fraction of sp³-hybridized carbons (Fsp3) is 0. The van der Waals surface area contributed by atoms with E-state index in [4.69, 9.17) is 0 Å². The maximum atomic E-state index is 4.61. The molecular formula is H2MgOPbS. The first-order chi connectivity index (χ1) is 1.50. The van der Waals surface area contributed by atoms with E-state index in [1.54, 1.807) is 8.59 Å². The average Bonchev–Trinajstić information content (AvgIpc) is 1.46. The first kappa shape index (κ1) is 6.00. The molecule has 0 saturated carbocycles. The molecule has 0 N–H and O–H groups in total. The van der Waals surface area contributed by atoms with Crippen molar-refractivity contribution in [1.29, 1.82) is 0 Å². The fourth-order valence-corrected chi connectivity index (χ4v) is 0. The summed E-state index contributed by atoms with van der Waals surface area (Å²) in [6.45, 7) is 0. The summed E-state index contributed by atoms with van der Waals surface area (Å²) in [4.78, 5) is 0. The molecule has 1 fully saturated rings. The molecule has 0 aromatic rings. The monoisotopic (exact) mass is 282 g/mol. The molecule has 1 saturated heterocycles. The van der Waals surface area contributed by atoms with Crippen LogP contribution in [0.15, 0.2) is 0 Å². The molecule has 0 unspecified atom stereocenters. The predicted octanol–water partition coefficient (Wildman–Crippen LogP) is 0.0432. The molecule has 20 valence electrons. The Morgan fingerprint density at radius 2 is 2.25 bits per heavy atom. The maximum absolute atomic E-state index is 4.61. The Bertz CT molecular complexity index is 18.3. The van der Waals surface area contributed by atoms with Gasteiger partial charge in [-0.05, 0) is 0 Å². The minimum atomic E-state index is -0.250. The number of hydrogen-bond acceptors (Lipinski definition) is 2. The van der Waals surface area contributed by atoms with Crippen LogP contribution in [-0.2, 0) is 2.13 Å². The summed E-state index contributed by atoms with van der Waals surface area (Å²) >= 11 is -0.250. The molecule has 1 heterocycles. The average molecular weight is 282 g/mol. The molecule has 0 bridgehead atoms. The Kier molecular flexibility index (Phi) is 4.80. The van der Waals surface area contributed by atoms with Crippen molar-refractivity contribution in [3.8, 4) is 0 Å². The number of rotatable bonds is 0. The van der Waals surface area contributed by atoms with Gasteiger partial charge in [0, 0.05) is 0 Å². The standard InChI is InChI=1S/Mg.OS.Pb.2H/c;1-2;;;/q+2;-2;+2;2*-1. The van der Waals surface area contributed by atoms with Crippen LogP contribution in [0.2, 0.25) is 0 Å². The quantitative estimate of drug-likeness (QED) is 0.353. The molecular weight excluding hydrogens is 280 g/mol. The molecule has 0 spiro atoms. The summed E-state index contributed by atoms with van der Waals surface area (Å²) < 4.78 is 4.61. The Labute approximate surface area is 59.2 Å². The topological polar surface area (TPSA) is 12.5 Å². The summed E-state index contributed by atoms with van der Waals surface area (Å²) in [5.41, 5.74) is 0. The third-order valence-electron chi connectivity index (χ3n) is 0.0833. The first-order valence-electron chi connectivity index (χ1n) is 0.575. The van der Waals surface area contributed by atoms with E-state index < -0.39 is 0 Å². The second-order valence-corrected chi connectivity index (χ2v) is 6.58. The van der Waals surface area contributed by atoms with Crippen LogP contribution in [0.3, 0.4) is 0 Å². The Hall–Kier alpha value is 2.00. The van der Waals surface area contributed by atoms with E-state index in [9.17, 15) is 0 Å². The van der Waals surface area contributed by atoms with Gasteiger partial charge < -0.3 is 2.85 Å². The van der Waals surface area contributed by atoms with Crippen LogP contribution in [0.1, 0.15) is 2.85 Å². The second-order valence-electron chi connectivity index (χ2n) is 0.250. The molecule has 0 aromatic heterocycles. The third kappa shape index (κ3) is 4.00. The summed E-state index contributed by atoms with van der Waals surface area (Å²) in [5, 5.41) is 0. The van der Waals surface area contributed by atoms with Gasteiger partial charge >= 0.3 is 57.0 Å². The molecule has 1 aliphatic heterocycles. The van der Waals surface area contributed by atoms with Gasteiger partial charge in [-0.1, -0.05) is 0 Å². The van der Waals surface area contributed by atoms with E-state index in [-0.39, 0.29) is 49.1 Å². The molecule has 0 atom stereocenters.